The van der Waals surface area contributed by atoms with Gasteiger partial charge in [0.15, 0.2) is 0 Å². The van der Waals surface area contributed by atoms with Crippen molar-refractivity contribution in [2.75, 3.05) is 13.2 Å². The maximum absolute atomic E-state index is 13.7. The van der Waals surface area contributed by atoms with Crippen molar-refractivity contribution in [3.63, 3.8) is 0 Å². The van der Waals surface area contributed by atoms with Crippen LogP contribution in [0.15, 0.2) is 0 Å². The molecule has 4 nitrogen and oxygen atoms in total. The minimum absolute atomic E-state index is 0.140. The van der Waals surface area contributed by atoms with E-state index < -0.39 is 0 Å². The number of hydrogen-bond acceptors (Lipinski definition) is 4. The fourth-order valence-corrected chi connectivity index (χ4v) is 9.04. The molecule has 3 fully saturated rings. The van der Waals surface area contributed by atoms with E-state index in [1.807, 2.05) is 0 Å². The van der Waals surface area contributed by atoms with Gasteiger partial charge in [-0.05, 0) is 110 Å². The molecule has 3 saturated carbocycles. The Morgan fingerprint density at radius 3 is 1.44 bits per heavy atom. The maximum Gasteiger partial charge on any atom is 0.309 e. The summed E-state index contributed by atoms with van der Waals surface area (Å²) in [5, 5.41) is 0. The van der Waals surface area contributed by atoms with Crippen molar-refractivity contribution in [1.29, 1.82) is 0 Å². The fourth-order valence-electron chi connectivity index (χ4n) is 9.04. The van der Waals surface area contributed by atoms with Crippen molar-refractivity contribution in [2.45, 2.75) is 171 Å². The van der Waals surface area contributed by atoms with Crippen LogP contribution in [0.4, 0.5) is 0 Å². The largest absolute Gasteiger partial charge is 0.465 e. The molecule has 0 aromatic carbocycles. The van der Waals surface area contributed by atoms with Gasteiger partial charge in [-0.3, -0.25) is 9.59 Å². The lowest BCUT2D eigenvalue weighted by molar-refractivity contribution is -0.166. The van der Waals surface area contributed by atoms with Crippen molar-refractivity contribution in [3.05, 3.63) is 0 Å². The first kappa shape index (κ1) is 38.4. The zero-order chi connectivity index (χ0) is 33.2. The van der Waals surface area contributed by atoms with Crippen LogP contribution in [0.1, 0.15) is 171 Å². The molecule has 3 aliphatic rings. The highest BCUT2D eigenvalue weighted by atomic mass is 16.5. The third-order valence-corrected chi connectivity index (χ3v) is 12.3. The Bertz CT molecular complexity index is 881. The molecule has 0 heterocycles. The first-order valence-electron chi connectivity index (χ1n) is 19.5. The summed E-state index contributed by atoms with van der Waals surface area (Å²) in [4.78, 5) is 27.3. The predicted octanol–water partition coefficient (Wildman–Crippen LogP) is 11.4. The Hall–Kier alpha value is -1.06. The van der Waals surface area contributed by atoms with E-state index in [9.17, 15) is 9.59 Å². The normalized spacial score (nSPS) is 33.0. The van der Waals surface area contributed by atoms with E-state index >= 15 is 0 Å². The molecule has 0 aromatic rings. The minimum atomic E-state index is -0.356. The third kappa shape index (κ3) is 13.2. The van der Waals surface area contributed by atoms with Gasteiger partial charge in [0.25, 0.3) is 0 Å². The zero-order valence-corrected chi connectivity index (χ0v) is 31.3. The van der Waals surface area contributed by atoms with E-state index in [0.29, 0.717) is 53.6 Å². The molecule has 0 aliphatic heterocycles. The molecular weight excluding hydrogens is 556 g/mol. The molecule has 262 valence electrons. The Morgan fingerprint density at radius 1 is 0.578 bits per heavy atom. The standard InChI is InChI=1S/C41H74O4/c1-10-30-17-19-34(32(25-30)14-12-22-40(4,5)6)27-44-38(42)36-21-16-29(3)24-37(36)39(43)45-28-35-20-18-31(11-2)26-33(35)15-13-23-41(7,8)9/h29-37H,10-28H2,1-9H3. The summed E-state index contributed by atoms with van der Waals surface area (Å²) in [5.74, 6) is 3.27. The van der Waals surface area contributed by atoms with E-state index in [0.717, 1.165) is 43.9 Å². The van der Waals surface area contributed by atoms with E-state index in [-0.39, 0.29) is 23.8 Å². The van der Waals surface area contributed by atoms with E-state index in [1.165, 1.54) is 77.0 Å². The van der Waals surface area contributed by atoms with Gasteiger partial charge in [0.05, 0.1) is 25.0 Å². The molecule has 0 saturated heterocycles. The number of hydrogen-bond donors (Lipinski definition) is 0. The molecule has 0 radical (unpaired) electrons. The molecule has 45 heavy (non-hydrogen) atoms. The van der Waals surface area contributed by atoms with Crippen molar-refractivity contribution >= 4 is 11.9 Å². The molecule has 4 heteroatoms. The molecule has 0 amide bonds. The summed E-state index contributed by atoms with van der Waals surface area (Å²) >= 11 is 0. The van der Waals surface area contributed by atoms with Crippen LogP contribution >= 0.6 is 0 Å². The lowest BCUT2D eigenvalue weighted by Gasteiger charge is -2.38. The first-order chi connectivity index (χ1) is 21.2. The van der Waals surface area contributed by atoms with Gasteiger partial charge in [0, 0.05) is 0 Å². The molecule has 0 N–H and O–H groups in total. The Balaban J connectivity index is 1.56. The van der Waals surface area contributed by atoms with Gasteiger partial charge in [-0.1, -0.05) is 114 Å². The van der Waals surface area contributed by atoms with Gasteiger partial charge in [-0.2, -0.15) is 0 Å². The number of carbonyl (C=O) groups is 2. The quantitative estimate of drug-likeness (QED) is 0.179. The van der Waals surface area contributed by atoms with Crippen molar-refractivity contribution in [2.24, 2.45) is 64.1 Å². The lowest BCUT2D eigenvalue weighted by Crippen LogP contribution is -2.39. The summed E-state index contributed by atoms with van der Waals surface area (Å²) in [7, 11) is 0. The topological polar surface area (TPSA) is 52.6 Å². The van der Waals surface area contributed by atoms with Crippen LogP contribution in [-0.2, 0) is 19.1 Å². The van der Waals surface area contributed by atoms with E-state index in [1.54, 1.807) is 0 Å². The molecule has 3 aliphatic carbocycles. The molecular formula is C41H74O4. The number of esters is 2. The van der Waals surface area contributed by atoms with Crippen LogP contribution in [0.5, 0.6) is 0 Å². The smallest absolute Gasteiger partial charge is 0.309 e. The summed E-state index contributed by atoms with van der Waals surface area (Å²) in [6, 6.07) is 0. The van der Waals surface area contributed by atoms with E-state index in [4.69, 9.17) is 9.47 Å². The highest BCUT2D eigenvalue weighted by molar-refractivity contribution is 5.82. The van der Waals surface area contributed by atoms with Crippen LogP contribution in [0.2, 0.25) is 0 Å². The SMILES string of the molecule is CCC1CCC(COC(=O)C2CCC(C)CC2C(=O)OCC2CCC(CC)CC2CCCC(C)(C)C)C(CCCC(C)(C)C)C1. The average molecular weight is 631 g/mol. The van der Waals surface area contributed by atoms with Crippen LogP contribution in [0, 0.1) is 64.1 Å². The van der Waals surface area contributed by atoms with Crippen LogP contribution in [-0.4, -0.2) is 25.2 Å². The number of carbonyl (C=O) groups excluding carboxylic acids is 2. The molecule has 3 rings (SSSR count). The monoisotopic (exact) mass is 631 g/mol. The van der Waals surface area contributed by atoms with Crippen molar-refractivity contribution in [3.8, 4) is 0 Å². The molecule has 9 atom stereocenters. The maximum atomic E-state index is 13.7. The zero-order valence-electron chi connectivity index (χ0n) is 31.3. The highest BCUT2D eigenvalue weighted by Gasteiger charge is 2.41. The molecule has 0 spiro atoms. The highest BCUT2D eigenvalue weighted by Crippen LogP contribution is 2.42. The van der Waals surface area contributed by atoms with Gasteiger partial charge in [0.1, 0.15) is 0 Å². The number of rotatable bonds is 14. The molecule has 9 unspecified atom stereocenters. The number of ether oxygens (including phenoxy) is 2. The lowest BCUT2D eigenvalue weighted by atomic mass is 9.71. The van der Waals surface area contributed by atoms with Gasteiger partial charge >= 0.3 is 11.9 Å². The summed E-state index contributed by atoms with van der Waals surface area (Å²) in [6.07, 6.45) is 19.8. The van der Waals surface area contributed by atoms with Gasteiger partial charge < -0.3 is 9.47 Å². The Morgan fingerprint density at radius 2 is 1.02 bits per heavy atom. The average Bonchev–Trinajstić information content (AvgIpc) is 2.97. The second-order valence-corrected chi connectivity index (χ2v) is 18.5. The summed E-state index contributed by atoms with van der Waals surface area (Å²) < 4.78 is 12.3. The van der Waals surface area contributed by atoms with Crippen molar-refractivity contribution in [1.82, 2.24) is 0 Å². The van der Waals surface area contributed by atoms with E-state index in [2.05, 4.69) is 62.3 Å². The second-order valence-electron chi connectivity index (χ2n) is 18.5. The van der Waals surface area contributed by atoms with Crippen LogP contribution in [0.25, 0.3) is 0 Å². The molecule has 0 aromatic heterocycles. The minimum Gasteiger partial charge on any atom is -0.465 e. The Labute approximate surface area is 279 Å². The summed E-state index contributed by atoms with van der Waals surface area (Å²) in [5.41, 5.74) is 0.731. The Kier molecular flexibility index (Phi) is 15.3. The third-order valence-electron chi connectivity index (χ3n) is 12.3. The molecule has 0 bridgehead atoms. The fraction of sp³-hybridized carbons (Fsp3) is 0.951. The van der Waals surface area contributed by atoms with Gasteiger partial charge in [-0.25, -0.2) is 0 Å². The van der Waals surface area contributed by atoms with Crippen molar-refractivity contribution < 1.29 is 19.1 Å². The van der Waals surface area contributed by atoms with Crippen LogP contribution in [0.3, 0.4) is 0 Å². The van der Waals surface area contributed by atoms with Gasteiger partial charge in [-0.15, -0.1) is 0 Å². The second kappa shape index (κ2) is 17.9. The van der Waals surface area contributed by atoms with Gasteiger partial charge in [0.2, 0.25) is 0 Å². The first-order valence-corrected chi connectivity index (χ1v) is 19.5. The summed E-state index contributed by atoms with van der Waals surface area (Å²) in [6.45, 7) is 21.9. The van der Waals surface area contributed by atoms with Crippen LogP contribution < -0.4 is 0 Å². The predicted molar refractivity (Wildman–Crippen MR) is 188 cm³/mol.